The molecule has 0 spiro atoms. The molecule has 0 atom stereocenters. The van der Waals surface area contributed by atoms with Gasteiger partial charge in [-0.2, -0.15) is 0 Å². The van der Waals surface area contributed by atoms with E-state index in [0.717, 1.165) is 21.1 Å². The minimum absolute atomic E-state index is 0.172. The lowest BCUT2D eigenvalue weighted by Gasteiger charge is -2.01. The molecule has 1 N–H and O–H groups in total. The van der Waals surface area contributed by atoms with Crippen molar-refractivity contribution in [2.24, 2.45) is 0 Å². The Morgan fingerprint density at radius 3 is 3.00 bits per heavy atom. The van der Waals surface area contributed by atoms with E-state index in [9.17, 15) is 4.79 Å². The number of aromatic nitrogens is 2. The quantitative estimate of drug-likeness (QED) is 0.764. The van der Waals surface area contributed by atoms with Gasteiger partial charge in [-0.15, -0.1) is 0 Å². The number of benzene rings is 1. The highest BCUT2D eigenvalue weighted by Crippen LogP contribution is 2.21. The number of rotatable bonds is 0. The molecule has 1 heterocycles. The van der Waals surface area contributed by atoms with Crippen molar-refractivity contribution in [3.8, 4) is 0 Å². The second-order valence-electron chi connectivity index (χ2n) is 2.81. The minimum Gasteiger partial charge on any atom is -0.319 e. The van der Waals surface area contributed by atoms with E-state index in [1.54, 1.807) is 0 Å². The maximum atomic E-state index is 11.0. The molecule has 2 rings (SSSR count). The van der Waals surface area contributed by atoms with E-state index < -0.39 is 0 Å². The summed E-state index contributed by atoms with van der Waals surface area (Å²) < 4.78 is 0.976. The molecule has 4 heteroatoms. The molecule has 3 nitrogen and oxygen atoms in total. The van der Waals surface area contributed by atoms with Gasteiger partial charge in [0.1, 0.15) is 0 Å². The van der Waals surface area contributed by atoms with Gasteiger partial charge in [-0.1, -0.05) is 15.9 Å². The third-order valence-corrected chi connectivity index (χ3v) is 2.81. The summed E-state index contributed by atoms with van der Waals surface area (Å²) in [5, 5.41) is 0. The summed E-state index contributed by atoms with van der Waals surface area (Å²) in [6.07, 6.45) is 1.29. The Balaban J connectivity index is 2.97. The number of hydrogen-bond donors (Lipinski definition) is 1. The van der Waals surface area contributed by atoms with Crippen LogP contribution in [0.1, 0.15) is 5.56 Å². The average Bonchev–Trinajstić information content (AvgIpc) is 2.12. The van der Waals surface area contributed by atoms with Gasteiger partial charge in [-0.05, 0) is 24.6 Å². The van der Waals surface area contributed by atoms with Gasteiger partial charge >= 0.3 is 0 Å². The molecule has 0 radical (unpaired) electrons. The summed E-state index contributed by atoms with van der Waals surface area (Å²) in [4.78, 5) is 17.8. The molecule has 0 fully saturated rings. The van der Waals surface area contributed by atoms with Crippen molar-refractivity contribution in [3.05, 3.63) is 38.7 Å². The van der Waals surface area contributed by atoms with Gasteiger partial charge < -0.3 is 4.98 Å². The minimum atomic E-state index is -0.172. The van der Waals surface area contributed by atoms with Crippen LogP contribution in [0.2, 0.25) is 0 Å². The van der Waals surface area contributed by atoms with Gasteiger partial charge in [0, 0.05) is 4.47 Å². The van der Waals surface area contributed by atoms with E-state index in [1.165, 1.54) is 6.20 Å². The van der Waals surface area contributed by atoms with Gasteiger partial charge in [-0.3, -0.25) is 4.79 Å². The summed E-state index contributed by atoms with van der Waals surface area (Å²) in [7, 11) is 0. The lowest BCUT2D eigenvalue weighted by atomic mass is 10.2. The maximum Gasteiger partial charge on any atom is 0.266 e. The van der Waals surface area contributed by atoms with Crippen molar-refractivity contribution in [1.82, 2.24) is 9.97 Å². The largest absolute Gasteiger partial charge is 0.319 e. The summed E-state index contributed by atoms with van der Waals surface area (Å²) >= 11 is 3.39. The highest BCUT2D eigenvalue weighted by molar-refractivity contribution is 9.10. The first kappa shape index (κ1) is 8.44. The molecule has 0 bridgehead atoms. The molecule has 0 aliphatic carbocycles. The molecular formula is C9H7BrN2O. The van der Waals surface area contributed by atoms with Gasteiger partial charge in [0.2, 0.25) is 0 Å². The van der Waals surface area contributed by atoms with Crippen LogP contribution < -0.4 is 5.56 Å². The molecule has 0 saturated carbocycles. The molecule has 13 heavy (non-hydrogen) atoms. The van der Waals surface area contributed by atoms with Gasteiger partial charge in [0.25, 0.3) is 5.56 Å². The average molecular weight is 239 g/mol. The number of nitrogens with one attached hydrogen (secondary N) is 1. The van der Waals surface area contributed by atoms with Crippen LogP contribution in [-0.2, 0) is 0 Å². The zero-order valence-corrected chi connectivity index (χ0v) is 8.55. The normalized spacial score (nSPS) is 10.6. The van der Waals surface area contributed by atoms with Crippen molar-refractivity contribution in [1.29, 1.82) is 0 Å². The highest BCUT2D eigenvalue weighted by Gasteiger charge is 2.02. The summed E-state index contributed by atoms with van der Waals surface area (Å²) in [6.45, 7) is 1.93. The van der Waals surface area contributed by atoms with Crippen LogP contribution in [0, 0.1) is 6.92 Å². The van der Waals surface area contributed by atoms with Crippen LogP contribution in [0.4, 0.5) is 0 Å². The molecular weight excluding hydrogens is 232 g/mol. The van der Waals surface area contributed by atoms with Gasteiger partial charge in [-0.25, -0.2) is 4.98 Å². The number of fused-ring (bicyclic) bond motifs is 1. The van der Waals surface area contributed by atoms with Crippen LogP contribution in [0.3, 0.4) is 0 Å². The lowest BCUT2D eigenvalue weighted by molar-refractivity contribution is 1.20. The van der Waals surface area contributed by atoms with E-state index in [0.29, 0.717) is 0 Å². The first-order chi connectivity index (χ1) is 6.18. The Labute approximate surface area is 82.9 Å². The topological polar surface area (TPSA) is 45.8 Å². The first-order valence-electron chi connectivity index (χ1n) is 3.82. The van der Waals surface area contributed by atoms with Crippen molar-refractivity contribution in [2.75, 3.05) is 0 Å². The molecule has 0 saturated heterocycles. The fourth-order valence-electron chi connectivity index (χ4n) is 1.22. The maximum absolute atomic E-state index is 11.0. The third kappa shape index (κ3) is 1.37. The number of H-pyrrole nitrogens is 1. The van der Waals surface area contributed by atoms with E-state index >= 15 is 0 Å². The number of aromatic amines is 1. The Kier molecular flexibility index (Phi) is 1.92. The van der Waals surface area contributed by atoms with E-state index in [1.807, 2.05) is 19.1 Å². The van der Waals surface area contributed by atoms with E-state index in [4.69, 9.17) is 0 Å². The molecule has 2 aromatic rings. The number of hydrogen-bond acceptors (Lipinski definition) is 2. The Morgan fingerprint density at radius 1 is 1.46 bits per heavy atom. The molecule has 66 valence electrons. The van der Waals surface area contributed by atoms with E-state index in [-0.39, 0.29) is 5.56 Å². The predicted octanol–water partition coefficient (Wildman–Crippen LogP) is 1.99. The van der Waals surface area contributed by atoms with Crippen LogP contribution in [-0.4, -0.2) is 9.97 Å². The highest BCUT2D eigenvalue weighted by atomic mass is 79.9. The Bertz CT molecular complexity index is 518. The number of halogens is 1. The van der Waals surface area contributed by atoms with Gasteiger partial charge in [0.05, 0.1) is 17.2 Å². The number of aryl methyl sites for hydroxylation is 1. The fourth-order valence-corrected chi connectivity index (χ4v) is 1.55. The van der Waals surface area contributed by atoms with E-state index in [2.05, 4.69) is 25.9 Å². The Morgan fingerprint density at radius 2 is 2.23 bits per heavy atom. The summed E-state index contributed by atoms with van der Waals surface area (Å²) in [6, 6.07) is 3.78. The van der Waals surface area contributed by atoms with Crippen molar-refractivity contribution >= 4 is 27.0 Å². The molecule has 1 aromatic heterocycles. The molecule has 0 aliphatic heterocycles. The van der Waals surface area contributed by atoms with Crippen LogP contribution >= 0.6 is 15.9 Å². The fraction of sp³-hybridized carbons (Fsp3) is 0.111. The van der Waals surface area contributed by atoms with Crippen molar-refractivity contribution < 1.29 is 0 Å². The van der Waals surface area contributed by atoms with Crippen molar-refractivity contribution in [3.63, 3.8) is 0 Å². The molecule has 1 aromatic carbocycles. The third-order valence-electron chi connectivity index (χ3n) is 1.95. The van der Waals surface area contributed by atoms with Crippen molar-refractivity contribution in [2.45, 2.75) is 6.92 Å². The summed E-state index contributed by atoms with van der Waals surface area (Å²) in [5.41, 5.74) is 2.43. The van der Waals surface area contributed by atoms with Crippen LogP contribution in [0.5, 0.6) is 0 Å². The predicted molar refractivity (Wildman–Crippen MR) is 54.8 cm³/mol. The molecule has 0 aliphatic rings. The monoisotopic (exact) mass is 238 g/mol. The van der Waals surface area contributed by atoms with Crippen LogP contribution in [0.25, 0.3) is 11.0 Å². The summed E-state index contributed by atoms with van der Waals surface area (Å²) in [5.74, 6) is 0. The second kappa shape index (κ2) is 2.96. The lowest BCUT2D eigenvalue weighted by Crippen LogP contribution is -2.05. The number of nitrogens with zero attached hydrogens (tertiary/aromatic N) is 1. The zero-order valence-electron chi connectivity index (χ0n) is 6.97. The second-order valence-corrected chi connectivity index (χ2v) is 3.67. The first-order valence-corrected chi connectivity index (χ1v) is 4.62. The molecule has 0 unspecified atom stereocenters. The SMILES string of the molecule is Cc1c(Br)ccc2ncc(=O)[nH]c12. The molecule has 0 amide bonds. The Hall–Kier alpha value is -1.16. The standard InChI is InChI=1S/C9H7BrN2O/c1-5-6(10)2-3-7-9(5)12-8(13)4-11-7/h2-4H,1H3,(H,12,13). The van der Waals surface area contributed by atoms with Crippen LogP contribution in [0.15, 0.2) is 27.6 Å². The zero-order chi connectivity index (χ0) is 9.42. The van der Waals surface area contributed by atoms with Gasteiger partial charge in [0.15, 0.2) is 0 Å². The smallest absolute Gasteiger partial charge is 0.266 e.